The number of benzene rings is 1. The number of amides is 1. The second kappa shape index (κ2) is 4.76. The molecule has 0 atom stereocenters. The Morgan fingerprint density at radius 1 is 1.36 bits per heavy atom. The Hall–Kier alpha value is -2.50. The van der Waals surface area contributed by atoms with Gasteiger partial charge in [0.05, 0.1) is 18.5 Å². The first-order chi connectivity index (χ1) is 10.7. The van der Waals surface area contributed by atoms with Crippen LogP contribution in [-0.4, -0.2) is 29.3 Å². The summed E-state index contributed by atoms with van der Waals surface area (Å²) in [6.07, 6.45) is 2.58. The summed E-state index contributed by atoms with van der Waals surface area (Å²) >= 11 is 0. The van der Waals surface area contributed by atoms with Crippen LogP contribution in [0.5, 0.6) is 5.75 Å². The molecule has 2 heterocycles. The third kappa shape index (κ3) is 1.80. The van der Waals surface area contributed by atoms with Crippen molar-refractivity contribution in [2.75, 3.05) is 19.4 Å². The van der Waals surface area contributed by atoms with Crippen molar-refractivity contribution in [3.05, 3.63) is 29.0 Å². The fourth-order valence-electron chi connectivity index (χ4n) is 3.39. The fraction of sp³-hybridized carbons (Fsp3) is 0.375. The first-order valence-corrected chi connectivity index (χ1v) is 7.53. The Labute approximate surface area is 128 Å². The van der Waals surface area contributed by atoms with E-state index in [1.54, 1.807) is 7.11 Å². The lowest BCUT2D eigenvalue weighted by Crippen LogP contribution is -2.24. The van der Waals surface area contributed by atoms with Gasteiger partial charge in [-0.25, -0.2) is 0 Å². The molecule has 0 unspecified atom stereocenters. The summed E-state index contributed by atoms with van der Waals surface area (Å²) in [5, 5.41) is 7.65. The molecule has 6 nitrogen and oxygen atoms in total. The highest BCUT2D eigenvalue weighted by Crippen LogP contribution is 2.39. The number of aromatic nitrogens is 2. The molecule has 0 fully saturated rings. The van der Waals surface area contributed by atoms with E-state index in [2.05, 4.69) is 5.32 Å². The quantitative estimate of drug-likeness (QED) is 0.779. The van der Waals surface area contributed by atoms with Crippen molar-refractivity contribution < 1.29 is 9.53 Å². The van der Waals surface area contributed by atoms with E-state index in [1.807, 2.05) is 16.8 Å². The summed E-state index contributed by atoms with van der Waals surface area (Å²) in [4.78, 5) is 12.3. The zero-order chi connectivity index (χ0) is 15.3. The number of hydrogen-bond acceptors (Lipinski definition) is 4. The summed E-state index contributed by atoms with van der Waals surface area (Å²) in [5.41, 5.74) is 11.5. The summed E-state index contributed by atoms with van der Waals surface area (Å²) in [7, 11) is 1.62. The lowest BCUT2D eigenvalue weighted by molar-refractivity contribution is 0.0949. The molecule has 1 amide bonds. The van der Waals surface area contributed by atoms with Gasteiger partial charge in [-0.1, -0.05) is 0 Å². The SMILES string of the molecule is COc1cc2c(cc1N)-c1nn3c(c1CC2)C(=O)NCCC3. The average Bonchev–Trinajstić information content (AvgIpc) is 2.80. The van der Waals surface area contributed by atoms with E-state index in [9.17, 15) is 4.79 Å². The molecule has 0 spiro atoms. The molecule has 6 heteroatoms. The van der Waals surface area contributed by atoms with Crippen LogP contribution in [0, 0.1) is 0 Å². The predicted octanol–water partition coefficient (Wildman–Crippen LogP) is 1.37. The van der Waals surface area contributed by atoms with Gasteiger partial charge in [-0.2, -0.15) is 5.10 Å². The first kappa shape index (κ1) is 13.2. The van der Waals surface area contributed by atoms with Gasteiger partial charge in [0, 0.05) is 24.2 Å². The van der Waals surface area contributed by atoms with Gasteiger partial charge in [0.2, 0.25) is 0 Å². The number of hydrogen-bond donors (Lipinski definition) is 2. The van der Waals surface area contributed by atoms with Crippen molar-refractivity contribution in [3.63, 3.8) is 0 Å². The number of anilines is 1. The zero-order valence-electron chi connectivity index (χ0n) is 12.5. The van der Waals surface area contributed by atoms with E-state index >= 15 is 0 Å². The van der Waals surface area contributed by atoms with Gasteiger partial charge >= 0.3 is 0 Å². The molecule has 22 heavy (non-hydrogen) atoms. The fourth-order valence-corrected chi connectivity index (χ4v) is 3.39. The number of aryl methyl sites for hydroxylation is 2. The largest absolute Gasteiger partial charge is 0.495 e. The molecular weight excluding hydrogens is 280 g/mol. The number of ether oxygens (including phenoxy) is 1. The topological polar surface area (TPSA) is 82.2 Å². The van der Waals surface area contributed by atoms with Crippen LogP contribution in [0.15, 0.2) is 12.1 Å². The van der Waals surface area contributed by atoms with Gasteiger partial charge < -0.3 is 15.8 Å². The number of fused-ring (bicyclic) bond motifs is 5. The summed E-state index contributed by atoms with van der Waals surface area (Å²) in [6, 6.07) is 3.90. The molecule has 2 aromatic rings. The highest BCUT2D eigenvalue weighted by Gasteiger charge is 2.29. The molecule has 1 aliphatic carbocycles. The molecule has 0 saturated carbocycles. The van der Waals surface area contributed by atoms with E-state index in [-0.39, 0.29) is 5.91 Å². The van der Waals surface area contributed by atoms with Crippen molar-refractivity contribution in [2.45, 2.75) is 25.8 Å². The van der Waals surface area contributed by atoms with Crippen LogP contribution in [0.3, 0.4) is 0 Å². The van der Waals surface area contributed by atoms with Crippen LogP contribution in [0.4, 0.5) is 5.69 Å². The molecule has 0 bridgehead atoms. The maximum absolute atomic E-state index is 12.3. The highest BCUT2D eigenvalue weighted by atomic mass is 16.5. The van der Waals surface area contributed by atoms with Crippen LogP contribution in [0.2, 0.25) is 0 Å². The Morgan fingerprint density at radius 3 is 3.05 bits per heavy atom. The summed E-state index contributed by atoms with van der Waals surface area (Å²) < 4.78 is 7.15. The van der Waals surface area contributed by atoms with E-state index in [4.69, 9.17) is 15.6 Å². The van der Waals surface area contributed by atoms with E-state index in [1.165, 1.54) is 5.56 Å². The lowest BCUT2D eigenvalue weighted by Gasteiger charge is -2.18. The molecule has 114 valence electrons. The number of carbonyl (C=O) groups excluding carboxylic acids is 1. The van der Waals surface area contributed by atoms with Gasteiger partial charge in [0.1, 0.15) is 11.4 Å². The average molecular weight is 298 g/mol. The second-order valence-electron chi connectivity index (χ2n) is 5.76. The predicted molar refractivity (Wildman–Crippen MR) is 83.0 cm³/mol. The molecule has 1 aromatic carbocycles. The third-order valence-electron chi connectivity index (χ3n) is 4.45. The van der Waals surface area contributed by atoms with Gasteiger partial charge in [-0.15, -0.1) is 0 Å². The Bertz CT molecular complexity index is 779. The maximum atomic E-state index is 12.3. The minimum Gasteiger partial charge on any atom is -0.495 e. The Morgan fingerprint density at radius 2 is 2.23 bits per heavy atom. The summed E-state index contributed by atoms with van der Waals surface area (Å²) in [6.45, 7) is 1.47. The normalized spacial score (nSPS) is 16.1. The molecule has 0 radical (unpaired) electrons. The van der Waals surface area contributed by atoms with Crippen molar-refractivity contribution in [2.24, 2.45) is 0 Å². The van der Waals surface area contributed by atoms with Crippen molar-refractivity contribution >= 4 is 11.6 Å². The maximum Gasteiger partial charge on any atom is 0.269 e. The highest BCUT2D eigenvalue weighted by molar-refractivity contribution is 5.96. The molecular formula is C16H18N4O2. The number of nitrogens with one attached hydrogen (secondary N) is 1. The number of nitrogens with two attached hydrogens (primary N) is 1. The zero-order valence-corrected chi connectivity index (χ0v) is 12.5. The van der Waals surface area contributed by atoms with Crippen LogP contribution >= 0.6 is 0 Å². The number of methoxy groups -OCH3 is 1. The molecule has 0 saturated heterocycles. The Balaban J connectivity index is 1.91. The second-order valence-corrected chi connectivity index (χ2v) is 5.76. The van der Waals surface area contributed by atoms with E-state index in [0.717, 1.165) is 42.6 Å². The van der Waals surface area contributed by atoms with Crippen molar-refractivity contribution in [1.29, 1.82) is 0 Å². The van der Waals surface area contributed by atoms with Crippen LogP contribution < -0.4 is 15.8 Å². The van der Waals surface area contributed by atoms with Crippen LogP contribution in [-0.2, 0) is 19.4 Å². The molecule has 3 N–H and O–H groups in total. The Kier molecular flexibility index (Phi) is 2.85. The smallest absolute Gasteiger partial charge is 0.269 e. The number of nitrogens with zero attached hydrogens (tertiary/aromatic N) is 2. The minimum atomic E-state index is -0.0174. The monoisotopic (exact) mass is 298 g/mol. The van der Waals surface area contributed by atoms with Crippen molar-refractivity contribution in [3.8, 4) is 17.0 Å². The van der Waals surface area contributed by atoms with Crippen LogP contribution in [0.25, 0.3) is 11.3 Å². The number of rotatable bonds is 1. The molecule has 2 aliphatic rings. The molecule has 4 rings (SSSR count). The lowest BCUT2D eigenvalue weighted by atomic mass is 9.88. The summed E-state index contributed by atoms with van der Waals surface area (Å²) in [5.74, 6) is 0.678. The van der Waals surface area contributed by atoms with Gasteiger partial charge in [-0.05, 0) is 37.0 Å². The molecule has 1 aliphatic heterocycles. The van der Waals surface area contributed by atoms with Gasteiger partial charge in [0.25, 0.3) is 5.91 Å². The first-order valence-electron chi connectivity index (χ1n) is 7.53. The molecule has 1 aromatic heterocycles. The number of carbonyl (C=O) groups is 1. The number of nitrogen functional groups attached to an aromatic ring is 1. The standard InChI is InChI=1S/C16H18N4O2/c1-22-13-7-9-3-4-10-14(11(9)8-12(13)17)19-20-6-2-5-18-16(21)15(10)20/h7-8H,2-6,17H2,1H3,(H,18,21). The third-order valence-corrected chi connectivity index (χ3v) is 4.45. The van der Waals surface area contributed by atoms with Gasteiger partial charge in [0.15, 0.2) is 0 Å². The van der Waals surface area contributed by atoms with Gasteiger partial charge in [-0.3, -0.25) is 9.48 Å². The van der Waals surface area contributed by atoms with Crippen molar-refractivity contribution in [1.82, 2.24) is 15.1 Å². The minimum absolute atomic E-state index is 0.0174. The van der Waals surface area contributed by atoms with Crippen LogP contribution in [0.1, 0.15) is 28.0 Å². The van der Waals surface area contributed by atoms with E-state index < -0.39 is 0 Å². The van der Waals surface area contributed by atoms with E-state index in [0.29, 0.717) is 23.7 Å².